The summed E-state index contributed by atoms with van der Waals surface area (Å²) in [5.41, 5.74) is 4.99. The molecule has 1 rings (SSSR count). The van der Waals surface area contributed by atoms with Crippen LogP contribution in [0.25, 0.3) is 0 Å². The smallest absolute Gasteiger partial charge is 0.358 e. The Morgan fingerprint density at radius 2 is 2.31 bits per heavy atom. The van der Waals surface area contributed by atoms with Crippen LogP contribution in [0.4, 0.5) is 10.6 Å². The summed E-state index contributed by atoms with van der Waals surface area (Å²) in [5.74, 6) is 5.83. The Bertz CT molecular complexity index is 473. The average molecular weight is 223 g/mol. The summed E-state index contributed by atoms with van der Waals surface area (Å²) in [6.45, 7) is -0.126. The van der Waals surface area contributed by atoms with Gasteiger partial charge in [0.05, 0.1) is 6.54 Å². The lowest BCUT2D eigenvalue weighted by Crippen LogP contribution is -2.40. The number of hydrogen-bond acceptors (Lipinski definition) is 5. The van der Waals surface area contributed by atoms with Gasteiger partial charge in [-0.1, -0.05) is 5.92 Å². The first-order valence-corrected chi connectivity index (χ1v) is 4.05. The molecule has 0 fully saturated rings. The third-order valence-corrected chi connectivity index (χ3v) is 1.72. The highest BCUT2D eigenvalue weighted by atomic mass is 16.4. The molecule has 0 aliphatic heterocycles. The van der Waals surface area contributed by atoms with Gasteiger partial charge in [0.1, 0.15) is 12.1 Å². The Morgan fingerprint density at radius 3 is 2.75 bits per heavy atom. The number of aromatic carboxylic acids is 1. The van der Waals surface area contributed by atoms with Crippen molar-refractivity contribution in [2.24, 2.45) is 5.84 Å². The molecule has 1 aromatic heterocycles. The highest BCUT2D eigenvalue weighted by Crippen LogP contribution is 2.10. The van der Waals surface area contributed by atoms with Crippen LogP contribution in [0.2, 0.25) is 0 Å². The lowest BCUT2D eigenvalue weighted by Gasteiger charge is -2.13. The predicted octanol–water partition coefficient (Wildman–Crippen LogP) is -1.06. The second kappa shape index (κ2) is 4.33. The lowest BCUT2D eigenvalue weighted by molar-refractivity contribution is 0.0692. The van der Waals surface area contributed by atoms with Gasteiger partial charge in [0.25, 0.3) is 0 Å². The molecule has 84 valence electrons. The number of carbonyl (C=O) groups is 2. The van der Waals surface area contributed by atoms with Crippen molar-refractivity contribution in [3.63, 3.8) is 0 Å². The monoisotopic (exact) mass is 223 g/mol. The summed E-state index contributed by atoms with van der Waals surface area (Å²) in [6.07, 6.45) is 5.93. The molecule has 0 aliphatic rings. The van der Waals surface area contributed by atoms with Crippen LogP contribution in [0.3, 0.4) is 0 Å². The fourth-order valence-corrected chi connectivity index (χ4v) is 0.979. The van der Waals surface area contributed by atoms with Crippen LogP contribution in [0.15, 0.2) is 6.33 Å². The van der Waals surface area contributed by atoms with Crippen LogP contribution in [-0.4, -0.2) is 38.2 Å². The number of carboxylic acids is 1. The van der Waals surface area contributed by atoms with Crippen molar-refractivity contribution in [2.75, 3.05) is 12.3 Å². The molecule has 1 heterocycles. The Morgan fingerprint density at radius 1 is 1.69 bits per heavy atom. The maximum absolute atomic E-state index is 11.5. The van der Waals surface area contributed by atoms with Gasteiger partial charge in [-0.3, -0.25) is 0 Å². The minimum atomic E-state index is -1.33. The molecule has 16 heavy (non-hydrogen) atoms. The van der Waals surface area contributed by atoms with Crippen LogP contribution in [0.1, 0.15) is 10.5 Å². The first kappa shape index (κ1) is 11.5. The third kappa shape index (κ3) is 1.94. The van der Waals surface area contributed by atoms with E-state index in [1.807, 2.05) is 0 Å². The Kier molecular flexibility index (Phi) is 3.12. The van der Waals surface area contributed by atoms with Crippen LogP contribution in [0.5, 0.6) is 0 Å². The van der Waals surface area contributed by atoms with E-state index in [0.29, 0.717) is 5.01 Å². The number of amides is 1. The van der Waals surface area contributed by atoms with Crippen molar-refractivity contribution in [1.82, 2.24) is 14.6 Å². The quantitative estimate of drug-likeness (QED) is 0.254. The number of hydrogen-bond donors (Lipinski definition) is 3. The van der Waals surface area contributed by atoms with Gasteiger partial charge in [0.2, 0.25) is 0 Å². The Labute approximate surface area is 90.4 Å². The first-order valence-electron chi connectivity index (χ1n) is 4.05. The molecule has 8 nitrogen and oxygen atoms in total. The number of nitrogen functional groups attached to an aromatic ring is 1. The summed E-state index contributed by atoms with van der Waals surface area (Å²) in [4.78, 5) is 25.6. The van der Waals surface area contributed by atoms with Gasteiger partial charge in [0, 0.05) is 0 Å². The molecule has 0 unspecified atom stereocenters. The number of terminal acetylenes is 1. The number of nitrogens with two attached hydrogens (primary N) is 2. The first-order chi connectivity index (χ1) is 7.49. The minimum absolute atomic E-state index is 0.126. The number of carbonyl (C=O) groups excluding carboxylic acids is 1. The van der Waals surface area contributed by atoms with E-state index in [4.69, 9.17) is 23.1 Å². The summed E-state index contributed by atoms with van der Waals surface area (Å²) < 4.78 is 0.806. The van der Waals surface area contributed by atoms with E-state index < -0.39 is 17.7 Å². The number of imidazole rings is 1. The van der Waals surface area contributed by atoms with Crippen molar-refractivity contribution < 1.29 is 14.7 Å². The van der Waals surface area contributed by atoms with Crippen molar-refractivity contribution >= 4 is 17.8 Å². The number of rotatable bonds is 2. The zero-order valence-electron chi connectivity index (χ0n) is 8.12. The molecule has 0 bridgehead atoms. The van der Waals surface area contributed by atoms with E-state index in [2.05, 4.69) is 10.9 Å². The highest BCUT2D eigenvalue weighted by Gasteiger charge is 2.20. The third-order valence-electron chi connectivity index (χ3n) is 1.72. The topological polar surface area (TPSA) is 127 Å². The zero-order chi connectivity index (χ0) is 12.3. The zero-order valence-corrected chi connectivity index (χ0v) is 8.12. The van der Waals surface area contributed by atoms with Gasteiger partial charge in [-0.05, 0) is 0 Å². The molecule has 0 atom stereocenters. The number of anilines is 1. The lowest BCUT2D eigenvalue weighted by atomic mass is 10.4. The standard InChI is InChI=1S/C8H9N5O3/c1-2-3-13(10)8(16)12-4-11-5(6(12)9)7(14)15/h1,4H,3,9-10H2,(H,14,15). The molecule has 0 saturated heterocycles. The van der Waals surface area contributed by atoms with E-state index in [1.165, 1.54) is 0 Å². The van der Waals surface area contributed by atoms with Crippen molar-refractivity contribution in [2.45, 2.75) is 0 Å². The van der Waals surface area contributed by atoms with Crippen LogP contribution in [0, 0.1) is 12.3 Å². The Hall–Kier alpha value is -2.53. The van der Waals surface area contributed by atoms with E-state index in [1.54, 1.807) is 0 Å². The fraction of sp³-hybridized carbons (Fsp3) is 0.125. The second-order valence-electron chi connectivity index (χ2n) is 2.77. The predicted molar refractivity (Wildman–Crippen MR) is 54.1 cm³/mol. The normalized spacial score (nSPS) is 9.50. The highest BCUT2D eigenvalue weighted by molar-refractivity contribution is 5.93. The van der Waals surface area contributed by atoms with E-state index in [0.717, 1.165) is 10.9 Å². The fourth-order valence-electron chi connectivity index (χ4n) is 0.979. The van der Waals surface area contributed by atoms with E-state index in [9.17, 15) is 9.59 Å². The van der Waals surface area contributed by atoms with Crippen molar-refractivity contribution in [3.05, 3.63) is 12.0 Å². The molecule has 0 radical (unpaired) electrons. The van der Waals surface area contributed by atoms with Gasteiger partial charge >= 0.3 is 12.0 Å². The number of hydrazine groups is 1. The molecular formula is C8H9N5O3. The van der Waals surface area contributed by atoms with Crippen LogP contribution < -0.4 is 11.6 Å². The molecule has 8 heteroatoms. The molecule has 0 spiro atoms. The van der Waals surface area contributed by atoms with Gasteiger partial charge < -0.3 is 10.8 Å². The SMILES string of the molecule is C#CCN(N)C(=O)n1cnc(C(=O)O)c1N. The molecule has 1 amide bonds. The number of carboxylic acid groups (broad SMARTS) is 1. The molecular weight excluding hydrogens is 214 g/mol. The largest absolute Gasteiger partial charge is 0.476 e. The molecule has 5 N–H and O–H groups in total. The van der Waals surface area contributed by atoms with E-state index in [-0.39, 0.29) is 12.4 Å². The van der Waals surface area contributed by atoms with E-state index >= 15 is 0 Å². The van der Waals surface area contributed by atoms with Crippen molar-refractivity contribution in [1.29, 1.82) is 0 Å². The summed E-state index contributed by atoms with van der Waals surface area (Å²) in [5, 5.41) is 9.37. The molecule has 1 aromatic rings. The second-order valence-corrected chi connectivity index (χ2v) is 2.77. The summed E-state index contributed by atoms with van der Waals surface area (Å²) in [6, 6.07) is -0.754. The van der Waals surface area contributed by atoms with Gasteiger partial charge in [0.15, 0.2) is 5.69 Å². The number of nitrogens with zero attached hydrogens (tertiary/aromatic N) is 3. The molecule has 0 saturated carbocycles. The Balaban J connectivity index is 3.02. The molecule has 0 aromatic carbocycles. The minimum Gasteiger partial charge on any atom is -0.476 e. The van der Waals surface area contributed by atoms with Crippen LogP contribution in [-0.2, 0) is 0 Å². The van der Waals surface area contributed by atoms with Crippen molar-refractivity contribution in [3.8, 4) is 12.3 Å². The van der Waals surface area contributed by atoms with Gasteiger partial charge in [-0.2, -0.15) is 0 Å². The number of aromatic nitrogens is 2. The maximum atomic E-state index is 11.5. The van der Waals surface area contributed by atoms with Crippen LogP contribution >= 0.6 is 0 Å². The summed E-state index contributed by atoms with van der Waals surface area (Å²) >= 11 is 0. The van der Waals surface area contributed by atoms with Gasteiger partial charge in [-0.15, -0.1) is 6.42 Å². The molecule has 0 aliphatic carbocycles. The van der Waals surface area contributed by atoms with Gasteiger partial charge in [-0.25, -0.2) is 30.0 Å². The average Bonchev–Trinajstić information content (AvgIpc) is 2.59. The maximum Gasteiger partial charge on any atom is 0.358 e. The summed E-state index contributed by atoms with van der Waals surface area (Å²) in [7, 11) is 0.